The van der Waals surface area contributed by atoms with Crippen LogP contribution in [0, 0.1) is 0 Å². The predicted molar refractivity (Wildman–Crippen MR) is 88.6 cm³/mol. The molecule has 0 bridgehead atoms. The molecule has 0 saturated heterocycles. The van der Waals surface area contributed by atoms with E-state index in [0.717, 1.165) is 12.8 Å². The Morgan fingerprint density at radius 2 is 1.70 bits per heavy atom. The minimum atomic E-state index is -1.04. The predicted octanol–water partition coefficient (Wildman–Crippen LogP) is 3.28. The molecule has 3 N–H and O–H groups in total. The molecular weight excluding hydrogens is 294 g/mol. The van der Waals surface area contributed by atoms with Gasteiger partial charge in [0.25, 0.3) is 0 Å². The van der Waals surface area contributed by atoms with Crippen molar-refractivity contribution in [3.8, 4) is 5.75 Å². The van der Waals surface area contributed by atoms with E-state index in [4.69, 9.17) is 20.3 Å². The molecule has 1 atom stereocenters. The highest BCUT2D eigenvalue weighted by atomic mass is 16.5. The third-order valence-corrected chi connectivity index (χ3v) is 4.26. The summed E-state index contributed by atoms with van der Waals surface area (Å²) in [6, 6.07) is 5.86. The molecule has 1 aliphatic rings. The Labute approximate surface area is 137 Å². The van der Waals surface area contributed by atoms with E-state index in [2.05, 4.69) is 0 Å². The number of aliphatic carboxylic acids is 1. The third-order valence-electron chi connectivity index (χ3n) is 4.26. The number of carboxylic acid groups (broad SMARTS) is 1. The van der Waals surface area contributed by atoms with Gasteiger partial charge in [-0.2, -0.15) is 0 Å². The molecule has 0 amide bonds. The normalized spacial score (nSPS) is 18.0. The van der Waals surface area contributed by atoms with Crippen molar-refractivity contribution < 1.29 is 19.4 Å². The van der Waals surface area contributed by atoms with Crippen molar-refractivity contribution in [3.63, 3.8) is 0 Å². The van der Waals surface area contributed by atoms with Crippen LogP contribution in [0.4, 0.5) is 0 Å². The molecule has 0 aliphatic heterocycles. The van der Waals surface area contributed by atoms with Crippen molar-refractivity contribution in [3.05, 3.63) is 29.8 Å². The quantitative estimate of drug-likeness (QED) is 0.753. The molecule has 0 radical (unpaired) electrons. The van der Waals surface area contributed by atoms with Gasteiger partial charge in [-0.05, 0) is 30.5 Å². The molecule has 5 nitrogen and oxygen atoms in total. The maximum Gasteiger partial charge on any atom is 0.325 e. The fraction of sp³-hybridized carbons (Fsp3) is 0.611. The second-order valence-electron chi connectivity index (χ2n) is 6.07. The molecule has 1 aliphatic carbocycles. The Morgan fingerprint density at radius 3 is 2.30 bits per heavy atom. The first-order valence-corrected chi connectivity index (χ1v) is 8.49. The number of carboxylic acids is 1. The molecule has 0 spiro atoms. The van der Waals surface area contributed by atoms with Crippen LogP contribution < -0.4 is 10.5 Å². The number of carbonyl (C=O) groups is 1. The average Bonchev–Trinajstić information content (AvgIpc) is 2.53. The molecule has 1 saturated carbocycles. The molecule has 1 fully saturated rings. The molecule has 5 heteroatoms. The molecule has 0 heterocycles. The zero-order valence-corrected chi connectivity index (χ0v) is 13.6. The molecule has 1 aromatic rings. The molecular formula is C18H27NO4. The van der Waals surface area contributed by atoms with Crippen molar-refractivity contribution in [2.24, 2.45) is 5.73 Å². The molecule has 128 valence electrons. The molecule has 2 rings (SSSR count). The van der Waals surface area contributed by atoms with E-state index in [9.17, 15) is 4.79 Å². The summed E-state index contributed by atoms with van der Waals surface area (Å²) in [5.74, 6) is -0.334. The first-order valence-electron chi connectivity index (χ1n) is 8.49. The summed E-state index contributed by atoms with van der Waals surface area (Å²) in [6.07, 6.45) is 9.20. The van der Waals surface area contributed by atoms with E-state index in [1.165, 1.54) is 32.1 Å². The van der Waals surface area contributed by atoms with E-state index in [1.54, 1.807) is 24.3 Å². The van der Waals surface area contributed by atoms with Crippen LogP contribution in [-0.2, 0) is 9.53 Å². The second-order valence-corrected chi connectivity index (χ2v) is 6.07. The van der Waals surface area contributed by atoms with Crippen LogP contribution in [0.25, 0.3) is 0 Å². The lowest BCUT2D eigenvalue weighted by molar-refractivity contribution is -0.138. The lowest BCUT2D eigenvalue weighted by Gasteiger charge is -2.20. The van der Waals surface area contributed by atoms with Crippen LogP contribution in [0.5, 0.6) is 5.75 Å². The highest BCUT2D eigenvalue weighted by Crippen LogP contribution is 2.20. The number of benzene rings is 1. The summed E-state index contributed by atoms with van der Waals surface area (Å²) in [6.45, 7) is 1.09. The molecule has 1 aromatic carbocycles. The molecule has 23 heavy (non-hydrogen) atoms. The third kappa shape index (κ3) is 6.20. The SMILES string of the molecule is N[C@H](C(=O)O)c1ccc(OCCOC2CCCCCCC2)cc1. The first kappa shape index (κ1) is 17.8. The standard InChI is InChI=1S/C18H27NO4/c19-17(18(20)21)14-8-10-16(11-9-14)23-13-12-22-15-6-4-2-1-3-5-7-15/h8-11,15,17H,1-7,12-13,19H2,(H,20,21)/t17-/m0/s1. The Morgan fingerprint density at radius 1 is 1.09 bits per heavy atom. The zero-order valence-electron chi connectivity index (χ0n) is 13.6. The van der Waals surface area contributed by atoms with Gasteiger partial charge in [-0.1, -0.05) is 44.2 Å². The Hall–Kier alpha value is -1.59. The lowest BCUT2D eigenvalue weighted by atomic mass is 9.99. The average molecular weight is 321 g/mol. The van der Waals surface area contributed by atoms with Crippen LogP contribution in [0.15, 0.2) is 24.3 Å². The molecule has 0 unspecified atom stereocenters. The Bertz CT molecular complexity index is 466. The van der Waals surface area contributed by atoms with Gasteiger partial charge in [-0.3, -0.25) is 4.79 Å². The summed E-state index contributed by atoms with van der Waals surface area (Å²) in [7, 11) is 0. The first-order chi connectivity index (χ1) is 11.2. The van der Waals surface area contributed by atoms with Crippen molar-refractivity contribution in [2.75, 3.05) is 13.2 Å². The van der Waals surface area contributed by atoms with E-state index < -0.39 is 12.0 Å². The summed E-state index contributed by atoms with van der Waals surface area (Å²) in [5.41, 5.74) is 6.12. The van der Waals surface area contributed by atoms with Crippen molar-refractivity contribution in [2.45, 2.75) is 57.1 Å². The second kappa shape index (κ2) is 9.53. The Balaban J connectivity index is 1.68. The van der Waals surface area contributed by atoms with Gasteiger partial charge in [-0.15, -0.1) is 0 Å². The van der Waals surface area contributed by atoms with Gasteiger partial charge in [0, 0.05) is 0 Å². The minimum absolute atomic E-state index is 0.370. The van der Waals surface area contributed by atoms with Crippen LogP contribution in [0.2, 0.25) is 0 Å². The van der Waals surface area contributed by atoms with Gasteiger partial charge in [0.15, 0.2) is 0 Å². The smallest absolute Gasteiger partial charge is 0.325 e. The number of rotatable bonds is 7. The van der Waals surface area contributed by atoms with E-state index in [-0.39, 0.29) is 0 Å². The number of hydrogen-bond donors (Lipinski definition) is 2. The topological polar surface area (TPSA) is 81.8 Å². The molecule has 0 aromatic heterocycles. The summed E-state index contributed by atoms with van der Waals surface area (Å²) in [4.78, 5) is 10.8. The van der Waals surface area contributed by atoms with Gasteiger partial charge in [0.05, 0.1) is 12.7 Å². The van der Waals surface area contributed by atoms with Crippen LogP contribution in [-0.4, -0.2) is 30.4 Å². The fourth-order valence-electron chi connectivity index (χ4n) is 2.87. The maximum atomic E-state index is 10.8. The van der Waals surface area contributed by atoms with Crippen molar-refractivity contribution in [1.29, 1.82) is 0 Å². The van der Waals surface area contributed by atoms with Crippen molar-refractivity contribution in [1.82, 2.24) is 0 Å². The highest BCUT2D eigenvalue weighted by molar-refractivity contribution is 5.75. The van der Waals surface area contributed by atoms with Crippen LogP contribution in [0.1, 0.15) is 56.6 Å². The van der Waals surface area contributed by atoms with Gasteiger partial charge >= 0.3 is 5.97 Å². The van der Waals surface area contributed by atoms with Crippen LogP contribution in [0.3, 0.4) is 0 Å². The minimum Gasteiger partial charge on any atom is -0.491 e. The van der Waals surface area contributed by atoms with Gasteiger partial charge in [-0.25, -0.2) is 0 Å². The van der Waals surface area contributed by atoms with Gasteiger partial charge in [0.2, 0.25) is 0 Å². The largest absolute Gasteiger partial charge is 0.491 e. The monoisotopic (exact) mass is 321 g/mol. The summed E-state index contributed by atoms with van der Waals surface area (Å²) < 4.78 is 11.5. The highest BCUT2D eigenvalue weighted by Gasteiger charge is 2.14. The van der Waals surface area contributed by atoms with E-state index in [1.807, 2.05) is 0 Å². The zero-order chi connectivity index (χ0) is 16.5. The Kier molecular flexibility index (Phi) is 7.36. The van der Waals surface area contributed by atoms with Crippen LogP contribution >= 0.6 is 0 Å². The van der Waals surface area contributed by atoms with Gasteiger partial charge < -0.3 is 20.3 Å². The fourth-order valence-corrected chi connectivity index (χ4v) is 2.87. The maximum absolute atomic E-state index is 10.8. The number of hydrogen-bond acceptors (Lipinski definition) is 4. The summed E-state index contributed by atoms with van der Waals surface area (Å²) in [5, 5.41) is 8.87. The van der Waals surface area contributed by atoms with Crippen molar-refractivity contribution >= 4 is 5.97 Å². The van der Waals surface area contributed by atoms with E-state index >= 15 is 0 Å². The number of ether oxygens (including phenoxy) is 2. The summed E-state index contributed by atoms with van der Waals surface area (Å²) >= 11 is 0. The van der Waals surface area contributed by atoms with E-state index in [0.29, 0.717) is 30.6 Å². The lowest BCUT2D eigenvalue weighted by Crippen LogP contribution is -2.20. The van der Waals surface area contributed by atoms with Gasteiger partial charge in [0.1, 0.15) is 18.4 Å². The number of nitrogens with two attached hydrogens (primary N) is 1.